The zero-order valence-corrected chi connectivity index (χ0v) is 9.88. The van der Waals surface area contributed by atoms with Crippen LogP contribution < -0.4 is 5.73 Å². The summed E-state index contributed by atoms with van der Waals surface area (Å²) in [6.07, 6.45) is 6.25. The summed E-state index contributed by atoms with van der Waals surface area (Å²) >= 11 is 0. The number of hydrogen-bond acceptors (Lipinski definition) is 1. The van der Waals surface area contributed by atoms with Gasteiger partial charge in [0.15, 0.2) is 0 Å². The maximum absolute atomic E-state index is 13.5. The second kappa shape index (κ2) is 4.96. The van der Waals surface area contributed by atoms with E-state index in [0.29, 0.717) is 5.92 Å². The highest BCUT2D eigenvalue weighted by molar-refractivity contribution is 5.30. The first-order valence-electron chi connectivity index (χ1n) is 6.20. The molecule has 2 heteroatoms. The molecule has 0 spiro atoms. The van der Waals surface area contributed by atoms with E-state index in [1.54, 1.807) is 6.07 Å². The predicted octanol–water partition coefficient (Wildman–Crippen LogP) is 3.71. The molecule has 2 rings (SSSR count). The van der Waals surface area contributed by atoms with Crippen LogP contribution in [-0.2, 0) is 0 Å². The van der Waals surface area contributed by atoms with E-state index < -0.39 is 0 Å². The first-order chi connectivity index (χ1) is 7.70. The van der Waals surface area contributed by atoms with Crippen molar-refractivity contribution in [2.45, 2.75) is 45.1 Å². The Balaban J connectivity index is 2.19. The van der Waals surface area contributed by atoms with Gasteiger partial charge in [0.05, 0.1) is 0 Å². The fraction of sp³-hybridized carbons (Fsp3) is 0.571. The summed E-state index contributed by atoms with van der Waals surface area (Å²) < 4.78 is 13.5. The van der Waals surface area contributed by atoms with Gasteiger partial charge in [-0.05, 0) is 42.9 Å². The highest BCUT2D eigenvalue weighted by atomic mass is 19.1. The third kappa shape index (κ3) is 2.27. The van der Waals surface area contributed by atoms with Gasteiger partial charge in [0.1, 0.15) is 5.82 Å². The molecule has 0 unspecified atom stereocenters. The SMILES string of the molecule is Cc1c(F)cccc1[C@@H](N)C1CCCCC1. The van der Waals surface area contributed by atoms with Crippen molar-refractivity contribution in [2.75, 3.05) is 0 Å². The molecule has 0 saturated heterocycles. The quantitative estimate of drug-likeness (QED) is 0.809. The number of nitrogens with two attached hydrogens (primary N) is 1. The van der Waals surface area contributed by atoms with Gasteiger partial charge in [0, 0.05) is 6.04 Å². The molecule has 1 aromatic rings. The van der Waals surface area contributed by atoms with Gasteiger partial charge in [-0.1, -0.05) is 31.4 Å². The van der Waals surface area contributed by atoms with Crippen molar-refractivity contribution in [3.8, 4) is 0 Å². The molecule has 1 aliphatic carbocycles. The monoisotopic (exact) mass is 221 g/mol. The Morgan fingerprint density at radius 1 is 1.25 bits per heavy atom. The molecule has 16 heavy (non-hydrogen) atoms. The molecular weight excluding hydrogens is 201 g/mol. The van der Waals surface area contributed by atoms with Gasteiger partial charge in [-0.3, -0.25) is 0 Å². The lowest BCUT2D eigenvalue weighted by Gasteiger charge is -2.28. The van der Waals surface area contributed by atoms with E-state index in [9.17, 15) is 4.39 Å². The van der Waals surface area contributed by atoms with Gasteiger partial charge < -0.3 is 5.73 Å². The summed E-state index contributed by atoms with van der Waals surface area (Å²) in [5.41, 5.74) is 7.99. The number of hydrogen-bond donors (Lipinski definition) is 1. The second-order valence-electron chi connectivity index (χ2n) is 4.88. The Morgan fingerprint density at radius 2 is 1.94 bits per heavy atom. The summed E-state index contributed by atoms with van der Waals surface area (Å²) in [5, 5.41) is 0. The molecule has 1 nitrogen and oxygen atoms in total. The zero-order valence-electron chi connectivity index (χ0n) is 9.88. The summed E-state index contributed by atoms with van der Waals surface area (Å²) in [7, 11) is 0. The lowest BCUT2D eigenvalue weighted by Crippen LogP contribution is -2.24. The van der Waals surface area contributed by atoms with Crippen molar-refractivity contribution in [3.63, 3.8) is 0 Å². The molecule has 0 bridgehead atoms. The Labute approximate surface area is 96.9 Å². The van der Waals surface area contributed by atoms with E-state index in [0.717, 1.165) is 11.1 Å². The minimum absolute atomic E-state index is 0.0102. The minimum Gasteiger partial charge on any atom is -0.324 e. The fourth-order valence-electron chi connectivity index (χ4n) is 2.73. The predicted molar refractivity (Wildman–Crippen MR) is 64.6 cm³/mol. The van der Waals surface area contributed by atoms with Crippen LogP contribution in [0.15, 0.2) is 18.2 Å². The molecule has 0 aliphatic heterocycles. The van der Waals surface area contributed by atoms with Gasteiger partial charge in [0.2, 0.25) is 0 Å². The van der Waals surface area contributed by atoms with Crippen molar-refractivity contribution < 1.29 is 4.39 Å². The Kier molecular flexibility index (Phi) is 3.59. The lowest BCUT2D eigenvalue weighted by atomic mass is 9.80. The van der Waals surface area contributed by atoms with Crippen LogP contribution in [0.4, 0.5) is 4.39 Å². The molecular formula is C14H20FN. The highest BCUT2D eigenvalue weighted by Gasteiger charge is 2.23. The van der Waals surface area contributed by atoms with Crippen molar-refractivity contribution in [1.82, 2.24) is 0 Å². The maximum Gasteiger partial charge on any atom is 0.126 e. The first-order valence-corrected chi connectivity index (χ1v) is 6.20. The van der Waals surface area contributed by atoms with Crippen molar-refractivity contribution in [1.29, 1.82) is 0 Å². The third-order valence-corrected chi connectivity index (χ3v) is 3.83. The van der Waals surface area contributed by atoms with Gasteiger partial charge in [-0.25, -0.2) is 4.39 Å². The molecule has 1 saturated carbocycles. The van der Waals surface area contributed by atoms with Crippen LogP contribution in [0, 0.1) is 18.7 Å². The van der Waals surface area contributed by atoms with E-state index in [2.05, 4.69) is 0 Å². The molecule has 1 aliphatic rings. The Hall–Kier alpha value is -0.890. The summed E-state index contributed by atoms with van der Waals surface area (Å²) in [6.45, 7) is 1.83. The van der Waals surface area contributed by atoms with Gasteiger partial charge in [0.25, 0.3) is 0 Å². The summed E-state index contributed by atoms with van der Waals surface area (Å²) in [4.78, 5) is 0. The number of benzene rings is 1. The Morgan fingerprint density at radius 3 is 2.62 bits per heavy atom. The molecule has 0 aromatic heterocycles. The molecule has 88 valence electrons. The van der Waals surface area contributed by atoms with Crippen LogP contribution in [0.5, 0.6) is 0 Å². The van der Waals surface area contributed by atoms with E-state index in [1.807, 2.05) is 13.0 Å². The largest absolute Gasteiger partial charge is 0.324 e. The minimum atomic E-state index is -0.135. The topological polar surface area (TPSA) is 26.0 Å². The molecule has 1 aromatic carbocycles. The third-order valence-electron chi connectivity index (χ3n) is 3.83. The van der Waals surface area contributed by atoms with Crippen molar-refractivity contribution in [2.24, 2.45) is 11.7 Å². The molecule has 0 amide bonds. The van der Waals surface area contributed by atoms with Gasteiger partial charge in [-0.2, -0.15) is 0 Å². The number of halogens is 1. The van der Waals surface area contributed by atoms with E-state index >= 15 is 0 Å². The lowest BCUT2D eigenvalue weighted by molar-refractivity contribution is 0.307. The van der Waals surface area contributed by atoms with Crippen LogP contribution >= 0.6 is 0 Å². The van der Waals surface area contributed by atoms with Crippen LogP contribution in [0.25, 0.3) is 0 Å². The van der Waals surface area contributed by atoms with Crippen molar-refractivity contribution in [3.05, 3.63) is 35.1 Å². The van der Waals surface area contributed by atoms with Crippen LogP contribution in [-0.4, -0.2) is 0 Å². The summed E-state index contributed by atoms with van der Waals surface area (Å²) in [6, 6.07) is 5.25. The van der Waals surface area contributed by atoms with Gasteiger partial charge >= 0.3 is 0 Å². The molecule has 1 atom stereocenters. The normalized spacial score (nSPS) is 19.7. The first kappa shape index (κ1) is 11.6. The second-order valence-corrected chi connectivity index (χ2v) is 4.88. The van der Waals surface area contributed by atoms with E-state index in [-0.39, 0.29) is 11.9 Å². The Bertz CT molecular complexity index is 356. The number of rotatable bonds is 2. The molecule has 0 radical (unpaired) electrons. The van der Waals surface area contributed by atoms with E-state index in [4.69, 9.17) is 5.73 Å². The molecule has 1 fully saturated rings. The van der Waals surface area contributed by atoms with Gasteiger partial charge in [-0.15, -0.1) is 0 Å². The standard InChI is InChI=1S/C14H20FN/c1-10-12(8-5-9-13(10)15)14(16)11-6-3-2-4-7-11/h5,8-9,11,14H,2-4,6-7,16H2,1H3/t14-/m0/s1. The zero-order chi connectivity index (χ0) is 11.5. The average Bonchev–Trinajstić information content (AvgIpc) is 2.33. The molecule has 2 N–H and O–H groups in total. The smallest absolute Gasteiger partial charge is 0.126 e. The highest BCUT2D eigenvalue weighted by Crippen LogP contribution is 2.34. The van der Waals surface area contributed by atoms with E-state index in [1.165, 1.54) is 38.2 Å². The fourth-order valence-corrected chi connectivity index (χ4v) is 2.73. The average molecular weight is 221 g/mol. The maximum atomic E-state index is 13.5. The summed E-state index contributed by atoms with van der Waals surface area (Å²) in [5.74, 6) is 0.401. The van der Waals surface area contributed by atoms with Crippen LogP contribution in [0.2, 0.25) is 0 Å². The molecule has 0 heterocycles. The van der Waals surface area contributed by atoms with Crippen molar-refractivity contribution >= 4 is 0 Å². The van der Waals surface area contributed by atoms with Crippen LogP contribution in [0.1, 0.15) is 49.3 Å². The van der Waals surface area contributed by atoms with Crippen LogP contribution in [0.3, 0.4) is 0 Å².